The highest BCUT2D eigenvalue weighted by molar-refractivity contribution is 8.20. The summed E-state index contributed by atoms with van der Waals surface area (Å²) in [5, 5.41) is 11.8. The van der Waals surface area contributed by atoms with Crippen LogP contribution in [0.1, 0.15) is 258 Å². The Hall–Kier alpha value is 0.230. The third kappa shape index (κ3) is 22.1. The number of rotatable bonds is 9. The molecule has 444 valence electrons. The highest BCUT2D eigenvalue weighted by Gasteiger charge is 2.50. The summed E-state index contributed by atoms with van der Waals surface area (Å²) in [6.45, 7) is 63.9. The normalized spacial score (nSPS) is 23.3. The van der Waals surface area contributed by atoms with E-state index in [0.717, 1.165) is 37.2 Å². The van der Waals surface area contributed by atoms with Gasteiger partial charge in [0.1, 0.15) is 11.5 Å². The molecule has 4 rings (SSSR count). The smallest absolute Gasteiger partial charge is 0.225 e. The van der Waals surface area contributed by atoms with Crippen LogP contribution in [-0.2, 0) is 26.2 Å². The molecule has 12 heteroatoms. The van der Waals surface area contributed by atoms with Crippen molar-refractivity contribution in [1.29, 1.82) is 0 Å². The molecule has 2 aliphatic rings. The lowest BCUT2D eigenvalue weighted by atomic mass is 9.57. The van der Waals surface area contributed by atoms with Crippen LogP contribution >= 0.6 is 69.0 Å². The lowest BCUT2D eigenvalue weighted by molar-refractivity contribution is -0.0447. The summed E-state index contributed by atoms with van der Waals surface area (Å²) in [5.74, 6) is 2.72. The van der Waals surface area contributed by atoms with Gasteiger partial charge < -0.3 is 24.0 Å². The molecule has 76 heavy (non-hydrogen) atoms. The van der Waals surface area contributed by atoms with Crippen molar-refractivity contribution in [3.8, 4) is 11.5 Å². The Kier molecular flexibility index (Phi) is 28.5. The molecule has 8 unspecified atom stereocenters. The van der Waals surface area contributed by atoms with Crippen molar-refractivity contribution >= 4 is 69.0 Å². The van der Waals surface area contributed by atoms with Crippen LogP contribution in [0.25, 0.3) is 0 Å². The van der Waals surface area contributed by atoms with Crippen LogP contribution in [0.15, 0.2) is 24.3 Å². The molecule has 0 bridgehead atoms. The van der Waals surface area contributed by atoms with Crippen molar-refractivity contribution in [1.82, 2.24) is 4.90 Å². The molecule has 0 amide bonds. The SMILES string of the molecule is CCN(CC)CC.COc1c(C2CC(C(C)(C)C)CC(C(C)(C)C)C2O)cc(C(C)(C)C)cc1C(C)(C)C.COc1c(C2CC(C(C)(C)C)CC(C(C)(C)C)C2OP(Cl)Cl)cc(C(C)(C)C)cc1C(C)(C)C.ClP(Cl)Cl. The minimum Gasteiger partial charge on any atom is -0.496 e. The average Bonchev–Trinajstić information content (AvgIpc) is 3.23. The highest BCUT2D eigenvalue weighted by Crippen LogP contribution is 2.60. The first-order valence-electron chi connectivity index (χ1n) is 28.5. The van der Waals surface area contributed by atoms with E-state index in [1.165, 1.54) is 53.0 Å². The maximum atomic E-state index is 11.8. The first-order valence-corrected chi connectivity index (χ1v) is 35.6. The number of halogens is 5. The summed E-state index contributed by atoms with van der Waals surface area (Å²) < 4.78 is 18.8. The Balaban J connectivity index is 0.000000636. The van der Waals surface area contributed by atoms with Crippen molar-refractivity contribution in [2.75, 3.05) is 33.9 Å². The number of methoxy groups -OCH3 is 2. The molecule has 0 aliphatic heterocycles. The monoisotopic (exact) mass is 1200 g/mol. The van der Waals surface area contributed by atoms with Crippen molar-refractivity contribution in [2.45, 2.75) is 258 Å². The van der Waals surface area contributed by atoms with Crippen LogP contribution in [0.5, 0.6) is 11.5 Å². The highest BCUT2D eigenvalue weighted by atomic mass is 36.0. The second-order valence-electron chi connectivity index (χ2n) is 30.6. The van der Waals surface area contributed by atoms with Crippen molar-refractivity contribution in [2.24, 2.45) is 45.3 Å². The number of nitrogens with zero attached hydrogens (tertiary/aromatic N) is 1. The van der Waals surface area contributed by atoms with Gasteiger partial charge in [-0.15, -0.1) is 0 Å². The van der Waals surface area contributed by atoms with Gasteiger partial charge in [0.05, 0.1) is 26.4 Å². The van der Waals surface area contributed by atoms with E-state index in [1.54, 1.807) is 7.11 Å². The average molecular weight is 1200 g/mol. The van der Waals surface area contributed by atoms with Gasteiger partial charge in [-0.3, -0.25) is 0 Å². The van der Waals surface area contributed by atoms with Gasteiger partial charge in [-0.25, -0.2) is 0 Å². The molecular weight excluding hydrogens is 1090 g/mol. The van der Waals surface area contributed by atoms with E-state index >= 15 is 0 Å². The fourth-order valence-corrected chi connectivity index (χ4v) is 12.5. The van der Waals surface area contributed by atoms with Gasteiger partial charge in [-0.2, -0.15) is 0 Å². The van der Waals surface area contributed by atoms with Crippen LogP contribution in [0.4, 0.5) is 0 Å². The molecule has 2 aromatic carbocycles. The predicted molar refractivity (Wildman–Crippen MR) is 344 cm³/mol. The molecule has 8 atom stereocenters. The summed E-state index contributed by atoms with van der Waals surface area (Å²) in [7, 11) is 3.60. The number of aliphatic hydroxyl groups excluding tert-OH is 1. The molecule has 0 spiro atoms. The molecule has 2 aliphatic carbocycles. The van der Waals surface area contributed by atoms with Gasteiger partial charge in [-0.05, 0) is 146 Å². The largest absolute Gasteiger partial charge is 0.496 e. The van der Waals surface area contributed by atoms with E-state index in [2.05, 4.69) is 216 Å². The minimum atomic E-state index is -1.53. The van der Waals surface area contributed by atoms with E-state index < -0.39 is 12.8 Å². The van der Waals surface area contributed by atoms with Crippen molar-refractivity contribution in [3.05, 3.63) is 57.6 Å². The van der Waals surface area contributed by atoms with Crippen LogP contribution in [0, 0.1) is 45.3 Å². The van der Waals surface area contributed by atoms with Gasteiger partial charge in [0.15, 0.2) is 5.98 Å². The zero-order valence-electron chi connectivity index (χ0n) is 53.8. The lowest BCUT2D eigenvalue weighted by Crippen LogP contribution is -2.45. The molecule has 1 N–H and O–H groups in total. The molecule has 0 aromatic heterocycles. The van der Waals surface area contributed by atoms with Crippen LogP contribution in [-0.4, -0.2) is 56.1 Å². The van der Waals surface area contributed by atoms with Gasteiger partial charge in [0.2, 0.25) is 6.85 Å². The molecule has 0 heterocycles. The number of ether oxygens (including phenoxy) is 2. The van der Waals surface area contributed by atoms with E-state index in [0.29, 0.717) is 17.8 Å². The standard InChI is InChI=1S/C29H49Cl2O2P.C29H50O2.C6H15N.Cl3P/c1-26(2,3)18-14-20(24(32-13)22(16-18)28(7,8)9)21-15-19(27(4,5)6)17-23(29(10,11)12)25(21)33-34(30)31;1-26(2,3)18-14-20(24(30)22(16-18)28(7,8)9)21-15-19(27(4,5)6)17-23(25(21)31-13)29(10,11)12;1-4-7(5-2)6-3;1-4(2)3/h14,16,19,21,23,25H,15,17H2,1-13H3;15,17-18,20,22,24,30H,14,16H2,1-13H3;4-6H2,1-3H3;. The maximum absolute atomic E-state index is 11.8. The van der Waals surface area contributed by atoms with Gasteiger partial charge >= 0.3 is 0 Å². The Morgan fingerprint density at radius 2 is 0.789 bits per heavy atom. The number of aliphatic hydroxyl groups is 1. The van der Waals surface area contributed by atoms with Crippen molar-refractivity contribution < 1.29 is 19.1 Å². The van der Waals surface area contributed by atoms with Gasteiger partial charge in [-0.1, -0.05) is 245 Å². The van der Waals surface area contributed by atoms with E-state index in [4.69, 9.17) is 70.2 Å². The number of hydrogen-bond acceptors (Lipinski definition) is 5. The zero-order valence-corrected chi connectivity index (χ0v) is 59.3. The summed E-state index contributed by atoms with van der Waals surface area (Å²) in [4.78, 5) is 2.38. The summed E-state index contributed by atoms with van der Waals surface area (Å²) in [5.41, 5.74) is 8.10. The molecule has 0 saturated heterocycles. The fourth-order valence-electron chi connectivity index (χ4n) is 11.5. The fraction of sp³-hybridized carbons (Fsp3) is 0.812. The second kappa shape index (κ2) is 29.2. The summed E-state index contributed by atoms with van der Waals surface area (Å²) in [6.07, 6.45) is 3.80. The quantitative estimate of drug-likeness (QED) is 0.254. The Labute approximate surface area is 496 Å². The number of hydrogen-bond donors (Lipinski definition) is 1. The van der Waals surface area contributed by atoms with E-state index in [9.17, 15) is 5.11 Å². The topological polar surface area (TPSA) is 51.2 Å². The van der Waals surface area contributed by atoms with Gasteiger partial charge in [0.25, 0.3) is 0 Å². The third-order valence-corrected chi connectivity index (χ3v) is 17.7. The van der Waals surface area contributed by atoms with E-state index in [-0.39, 0.29) is 73.3 Å². The van der Waals surface area contributed by atoms with Crippen LogP contribution in [0.3, 0.4) is 0 Å². The predicted octanol–water partition coefficient (Wildman–Crippen LogP) is 22.7. The molecule has 2 fully saturated rings. The summed E-state index contributed by atoms with van der Waals surface area (Å²) >= 11 is 27.3. The first-order chi connectivity index (χ1) is 34.0. The molecular formula is C64H114Cl5NO4P2. The molecule has 0 radical (unpaired) electrons. The van der Waals surface area contributed by atoms with E-state index in [1.807, 2.05) is 7.11 Å². The maximum Gasteiger partial charge on any atom is 0.225 e. The second-order valence-corrected chi connectivity index (χ2v) is 38.6. The third-order valence-electron chi connectivity index (χ3n) is 16.8. The Morgan fingerprint density at radius 1 is 0.474 bits per heavy atom. The van der Waals surface area contributed by atoms with Crippen LogP contribution in [0.2, 0.25) is 0 Å². The minimum absolute atomic E-state index is 0.0183. The lowest BCUT2D eigenvalue weighted by Gasteiger charge is -2.50. The molecule has 5 nitrogen and oxygen atoms in total. The van der Waals surface area contributed by atoms with Crippen LogP contribution < -0.4 is 9.47 Å². The Morgan fingerprint density at radius 3 is 1.04 bits per heavy atom. The molecule has 2 aromatic rings. The number of benzene rings is 2. The summed E-state index contributed by atoms with van der Waals surface area (Å²) in [6, 6.07) is 9.40. The zero-order chi connectivity index (χ0) is 59.9. The van der Waals surface area contributed by atoms with Crippen molar-refractivity contribution in [3.63, 3.8) is 0 Å². The first kappa shape index (κ1) is 74.2. The van der Waals surface area contributed by atoms with Gasteiger partial charge in [0, 0.05) is 34.1 Å². The molecule has 2 saturated carbocycles. The Bertz CT molecular complexity index is 2050.